The van der Waals surface area contributed by atoms with Gasteiger partial charge in [0.15, 0.2) is 0 Å². The van der Waals surface area contributed by atoms with E-state index in [-0.39, 0.29) is 11.7 Å². The van der Waals surface area contributed by atoms with Gasteiger partial charge in [-0.3, -0.25) is 14.6 Å². The summed E-state index contributed by atoms with van der Waals surface area (Å²) in [5.74, 6) is 0. The van der Waals surface area contributed by atoms with Crippen molar-refractivity contribution in [3.63, 3.8) is 0 Å². The fourth-order valence-electron chi connectivity index (χ4n) is 3.99. The van der Waals surface area contributed by atoms with Crippen LogP contribution in [0.25, 0.3) is 0 Å². The third kappa shape index (κ3) is 4.08. The molecule has 2 aromatic rings. The topological polar surface area (TPSA) is 52.4 Å². The van der Waals surface area contributed by atoms with E-state index in [1.807, 2.05) is 36.3 Å². The number of piperidine rings is 1. The van der Waals surface area contributed by atoms with Crippen molar-refractivity contribution in [3.05, 3.63) is 48.0 Å². The second-order valence-electron chi connectivity index (χ2n) is 7.29. The Kier molecular flexibility index (Phi) is 4.83. The molecule has 0 bridgehead atoms. The third-order valence-electron chi connectivity index (χ3n) is 5.16. The Morgan fingerprint density at radius 3 is 3.16 bits per heavy atom. The van der Waals surface area contributed by atoms with Crippen molar-refractivity contribution in [2.24, 2.45) is 7.05 Å². The van der Waals surface area contributed by atoms with Gasteiger partial charge < -0.3 is 9.47 Å². The molecule has 0 radical (unpaired) electrons. The van der Waals surface area contributed by atoms with Crippen molar-refractivity contribution < 1.29 is 9.47 Å². The van der Waals surface area contributed by atoms with Crippen LogP contribution in [0.3, 0.4) is 0 Å². The molecule has 2 aliphatic heterocycles. The first-order valence-electron chi connectivity index (χ1n) is 9.06. The van der Waals surface area contributed by atoms with E-state index in [0.29, 0.717) is 13.2 Å². The lowest BCUT2D eigenvalue weighted by atomic mass is 9.89. The van der Waals surface area contributed by atoms with Gasteiger partial charge in [-0.1, -0.05) is 6.07 Å². The average molecular weight is 342 g/mol. The van der Waals surface area contributed by atoms with Crippen LogP contribution in [0.15, 0.2) is 36.8 Å². The van der Waals surface area contributed by atoms with Crippen molar-refractivity contribution in [1.29, 1.82) is 0 Å². The summed E-state index contributed by atoms with van der Waals surface area (Å²) in [6.07, 6.45) is 9.10. The quantitative estimate of drug-likeness (QED) is 0.833. The van der Waals surface area contributed by atoms with E-state index >= 15 is 0 Å². The minimum atomic E-state index is -0.0490. The molecular formula is C19H26N4O2. The molecule has 0 aliphatic carbocycles. The fourth-order valence-corrected chi connectivity index (χ4v) is 3.99. The first-order chi connectivity index (χ1) is 12.2. The molecule has 2 atom stereocenters. The molecule has 2 unspecified atom stereocenters. The molecule has 2 saturated heterocycles. The molecule has 25 heavy (non-hydrogen) atoms. The molecule has 0 N–H and O–H groups in total. The van der Waals surface area contributed by atoms with Crippen LogP contribution in [-0.4, -0.2) is 51.1 Å². The second kappa shape index (κ2) is 7.23. The van der Waals surface area contributed by atoms with Gasteiger partial charge in [-0.2, -0.15) is 5.10 Å². The van der Waals surface area contributed by atoms with Crippen LogP contribution in [0.4, 0.5) is 0 Å². The molecule has 2 aromatic heterocycles. The predicted octanol–water partition coefficient (Wildman–Crippen LogP) is 2.16. The van der Waals surface area contributed by atoms with E-state index in [0.717, 1.165) is 43.7 Å². The van der Waals surface area contributed by atoms with E-state index in [1.54, 1.807) is 6.20 Å². The standard InChI is InChI=1S/C19H26N4O2/c1-22-9-5-17(21-22)12-23-8-3-6-19(15-23)10-18(14-25-19)24-13-16-4-2-7-20-11-16/h2,4-5,7,9,11,18H,3,6,8,10,12-15H2,1H3. The van der Waals surface area contributed by atoms with Gasteiger partial charge >= 0.3 is 0 Å². The number of hydrogen-bond acceptors (Lipinski definition) is 5. The van der Waals surface area contributed by atoms with E-state index in [4.69, 9.17) is 9.47 Å². The van der Waals surface area contributed by atoms with Crippen molar-refractivity contribution in [3.8, 4) is 0 Å². The third-order valence-corrected chi connectivity index (χ3v) is 5.16. The molecule has 6 nitrogen and oxygen atoms in total. The van der Waals surface area contributed by atoms with Crippen LogP contribution in [0, 0.1) is 0 Å². The summed E-state index contributed by atoms with van der Waals surface area (Å²) in [6, 6.07) is 6.09. The maximum absolute atomic E-state index is 6.25. The summed E-state index contributed by atoms with van der Waals surface area (Å²) < 4.78 is 14.2. The molecule has 2 fully saturated rings. The van der Waals surface area contributed by atoms with E-state index in [2.05, 4.69) is 21.0 Å². The molecule has 0 amide bonds. The number of nitrogens with zero attached hydrogens (tertiary/aromatic N) is 4. The highest BCUT2D eigenvalue weighted by Gasteiger charge is 2.43. The van der Waals surface area contributed by atoms with Gasteiger partial charge in [-0.05, 0) is 37.1 Å². The molecule has 1 spiro atoms. The van der Waals surface area contributed by atoms with Gasteiger partial charge in [0.1, 0.15) is 0 Å². The summed E-state index contributed by atoms with van der Waals surface area (Å²) in [5, 5.41) is 4.50. The Labute approximate surface area is 148 Å². The van der Waals surface area contributed by atoms with Crippen LogP contribution in [-0.2, 0) is 29.7 Å². The van der Waals surface area contributed by atoms with E-state index in [9.17, 15) is 0 Å². The first kappa shape index (κ1) is 16.7. The molecule has 4 rings (SSSR count). The van der Waals surface area contributed by atoms with Crippen LogP contribution < -0.4 is 0 Å². The highest BCUT2D eigenvalue weighted by molar-refractivity contribution is 5.07. The maximum atomic E-state index is 6.25. The minimum absolute atomic E-state index is 0.0490. The fraction of sp³-hybridized carbons (Fsp3) is 0.579. The largest absolute Gasteiger partial charge is 0.371 e. The van der Waals surface area contributed by atoms with Crippen LogP contribution in [0.5, 0.6) is 0 Å². The molecule has 0 aromatic carbocycles. The highest BCUT2D eigenvalue weighted by atomic mass is 16.6. The summed E-state index contributed by atoms with van der Waals surface area (Å²) in [5.41, 5.74) is 2.19. The first-order valence-corrected chi connectivity index (χ1v) is 9.06. The zero-order valence-electron chi connectivity index (χ0n) is 14.8. The predicted molar refractivity (Wildman–Crippen MR) is 93.8 cm³/mol. The Bertz CT molecular complexity index is 690. The van der Waals surface area contributed by atoms with Gasteiger partial charge in [-0.25, -0.2) is 0 Å². The summed E-state index contributed by atoms with van der Waals surface area (Å²) >= 11 is 0. The summed E-state index contributed by atoms with van der Waals surface area (Å²) in [6.45, 7) is 4.28. The van der Waals surface area contributed by atoms with Crippen LogP contribution in [0.2, 0.25) is 0 Å². The van der Waals surface area contributed by atoms with Crippen molar-refractivity contribution in [2.45, 2.75) is 44.1 Å². The molecule has 6 heteroatoms. The maximum Gasteiger partial charge on any atom is 0.0841 e. The Hall–Kier alpha value is -1.76. The smallest absolute Gasteiger partial charge is 0.0841 e. The van der Waals surface area contributed by atoms with Crippen molar-refractivity contribution in [1.82, 2.24) is 19.7 Å². The Balaban J connectivity index is 1.31. The van der Waals surface area contributed by atoms with Crippen molar-refractivity contribution >= 4 is 0 Å². The van der Waals surface area contributed by atoms with Gasteiger partial charge in [0, 0.05) is 45.1 Å². The highest BCUT2D eigenvalue weighted by Crippen LogP contribution is 2.36. The molecule has 0 saturated carbocycles. The Morgan fingerprint density at radius 1 is 1.40 bits per heavy atom. The zero-order chi connectivity index (χ0) is 17.1. The van der Waals surface area contributed by atoms with Gasteiger partial charge in [0.25, 0.3) is 0 Å². The Morgan fingerprint density at radius 2 is 2.36 bits per heavy atom. The lowest BCUT2D eigenvalue weighted by molar-refractivity contribution is -0.0550. The molecule has 2 aliphatic rings. The van der Waals surface area contributed by atoms with Gasteiger partial charge in [0.05, 0.1) is 30.6 Å². The number of aryl methyl sites for hydroxylation is 1. The number of likely N-dealkylation sites (tertiary alicyclic amines) is 1. The van der Waals surface area contributed by atoms with E-state index in [1.165, 1.54) is 6.42 Å². The van der Waals surface area contributed by atoms with E-state index < -0.39 is 0 Å². The molecule has 4 heterocycles. The summed E-state index contributed by atoms with van der Waals surface area (Å²) in [4.78, 5) is 6.61. The average Bonchev–Trinajstić information content (AvgIpc) is 3.20. The van der Waals surface area contributed by atoms with Crippen LogP contribution >= 0.6 is 0 Å². The molecule has 134 valence electrons. The number of pyridine rings is 1. The number of aromatic nitrogens is 3. The number of ether oxygens (including phenoxy) is 2. The SMILES string of the molecule is Cn1ccc(CN2CCCC3(CC(OCc4cccnc4)CO3)C2)n1. The van der Waals surface area contributed by atoms with Crippen LogP contribution in [0.1, 0.15) is 30.5 Å². The van der Waals surface area contributed by atoms with Gasteiger partial charge in [-0.15, -0.1) is 0 Å². The van der Waals surface area contributed by atoms with Gasteiger partial charge in [0.2, 0.25) is 0 Å². The lowest BCUT2D eigenvalue weighted by Gasteiger charge is -2.39. The second-order valence-corrected chi connectivity index (χ2v) is 7.29. The summed E-state index contributed by atoms with van der Waals surface area (Å²) in [7, 11) is 1.96. The zero-order valence-corrected chi connectivity index (χ0v) is 14.8. The molecular weight excluding hydrogens is 316 g/mol. The minimum Gasteiger partial charge on any atom is -0.371 e. The monoisotopic (exact) mass is 342 g/mol. The lowest BCUT2D eigenvalue weighted by Crippen LogP contribution is -2.47. The van der Waals surface area contributed by atoms with Crippen molar-refractivity contribution in [2.75, 3.05) is 19.7 Å². The number of rotatable bonds is 5. The normalized spacial score (nSPS) is 27.2. The number of hydrogen-bond donors (Lipinski definition) is 0.